The molecule has 0 aliphatic carbocycles. The molecule has 2 atom stereocenters. The molecule has 1 aromatic carbocycles. The highest BCUT2D eigenvalue weighted by Gasteiger charge is 2.19. The summed E-state index contributed by atoms with van der Waals surface area (Å²) in [5.74, 6) is 0.455. The minimum absolute atomic E-state index is 0.101. The van der Waals surface area contributed by atoms with Gasteiger partial charge in [-0.05, 0) is 49.8 Å². The Morgan fingerprint density at radius 3 is 2.73 bits per heavy atom. The predicted octanol–water partition coefficient (Wildman–Crippen LogP) is 2.99. The zero-order valence-electron chi connectivity index (χ0n) is 9.39. The molecule has 0 bridgehead atoms. The lowest BCUT2D eigenvalue weighted by Gasteiger charge is -2.28. The average Bonchev–Trinajstić information content (AvgIpc) is 2.23. The first-order valence-corrected chi connectivity index (χ1v) is 5.66. The lowest BCUT2D eigenvalue weighted by atomic mass is 9.88. The van der Waals surface area contributed by atoms with Crippen molar-refractivity contribution in [2.24, 2.45) is 0 Å². The lowest BCUT2D eigenvalue weighted by Crippen LogP contribution is -2.35. The number of aryl methyl sites for hydroxylation is 1. The molecule has 15 heavy (non-hydrogen) atoms. The van der Waals surface area contributed by atoms with Crippen LogP contribution in [0, 0.1) is 12.7 Å². The van der Waals surface area contributed by atoms with Gasteiger partial charge in [0.25, 0.3) is 0 Å². The third-order valence-corrected chi connectivity index (χ3v) is 3.31. The Labute approximate surface area is 90.7 Å². The Hall–Kier alpha value is -0.890. The summed E-state index contributed by atoms with van der Waals surface area (Å²) >= 11 is 0. The maximum atomic E-state index is 13.1. The number of hydrogen-bond donors (Lipinski definition) is 1. The van der Waals surface area contributed by atoms with Crippen molar-refractivity contribution in [3.05, 3.63) is 35.1 Å². The first-order chi connectivity index (χ1) is 7.16. The second kappa shape index (κ2) is 4.31. The van der Waals surface area contributed by atoms with Crippen molar-refractivity contribution < 1.29 is 4.39 Å². The van der Waals surface area contributed by atoms with E-state index in [1.807, 2.05) is 19.1 Å². The summed E-state index contributed by atoms with van der Waals surface area (Å²) in [7, 11) is 0. The number of benzene rings is 1. The molecule has 1 heterocycles. The molecule has 0 radical (unpaired) electrons. The standard InChI is InChI=1S/C13H18FN/c1-9-7-11(5-6-13(9)14)12-4-3-10(2)15-8-12/h5-7,10,12,15H,3-4,8H2,1-2H3. The average molecular weight is 207 g/mol. The number of hydrogen-bond acceptors (Lipinski definition) is 1. The van der Waals surface area contributed by atoms with Crippen LogP contribution in [0.2, 0.25) is 0 Å². The van der Waals surface area contributed by atoms with Gasteiger partial charge in [0.2, 0.25) is 0 Å². The van der Waals surface area contributed by atoms with Gasteiger partial charge in [-0.1, -0.05) is 12.1 Å². The van der Waals surface area contributed by atoms with Crippen LogP contribution in [-0.4, -0.2) is 12.6 Å². The smallest absolute Gasteiger partial charge is 0.126 e. The maximum Gasteiger partial charge on any atom is 0.126 e. The van der Waals surface area contributed by atoms with Gasteiger partial charge in [0.15, 0.2) is 0 Å². The van der Waals surface area contributed by atoms with Crippen molar-refractivity contribution in [1.82, 2.24) is 5.32 Å². The van der Waals surface area contributed by atoms with Crippen molar-refractivity contribution in [1.29, 1.82) is 0 Å². The minimum Gasteiger partial charge on any atom is -0.314 e. The normalized spacial score (nSPS) is 26.6. The minimum atomic E-state index is -0.101. The summed E-state index contributed by atoms with van der Waals surface area (Å²) in [5, 5.41) is 3.47. The van der Waals surface area contributed by atoms with E-state index in [-0.39, 0.29) is 5.82 Å². The molecule has 0 amide bonds. The molecule has 1 aromatic rings. The van der Waals surface area contributed by atoms with Crippen molar-refractivity contribution in [2.75, 3.05) is 6.54 Å². The SMILES string of the molecule is Cc1cc(C2CCC(C)NC2)ccc1F. The predicted molar refractivity (Wildman–Crippen MR) is 60.6 cm³/mol. The molecule has 1 N–H and O–H groups in total. The van der Waals surface area contributed by atoms with Crippen LogP contribution in [0.15, 0.2) is 18.2 Å². The van der Waals surface area contributed by atoms with Gasteiger partial charge in [-0.25, -0.2) is 4.39 Å². The van der Waals surface area contributed by atoms with Crippen LogP contribution in [0.3, 0.4) is 0 Å². The lowest BCUT2D eigenvalue weighted by molar-refractivity contribution is 0.384. The van der Waals surface area contributed by atoms with Crippen molar-refractivity contribution >= 4 is 0 Å². The van der Waals surface area contributed by atoms with Gasteiger partial charge >= 0.3 is 0 Å². The van der Waals surface area contributed by atoms with Gasteiger partial charge < -0.3 is 5.32 Å². The van der Waals surface area contributed by atoms with Crippen LogP contribution in [-0.2, 0) is 0 Å². The summed E-state index contributed by atoms with van der Waals surface area (Å²) in [4.78, 5) is 0. The van der Waals surface area contributed by atoms with Crippen LogP contribution < -0.4 is 5.32 Å². The summed E-state index contributed by atoms with van der Waals surface area (Å²) in [6, 6.07) is 6.12. The summed E-state index contributed by atoms with van der Waals surface area (Å²) in [6.07, 6.45) is 2.42. The van der Waals surface area contributed by atoms with Crippen LogP contribution in [0.4, 0.5) is 4.39 Å². The molecular formula is C13H18FN. The molecule has 1 fully saturated rings. The molecule has 0 saturated carbocycles. The van der Waals surface area contributed by atoms with E-state index in [4.69, 9.17) is 0 Å². The fraction of sp³-hybridized carbons (Fsp3) is 0.538. The number of halogens is 1. The molecule has 1 saturated heterocycles. The largest absolute Gasteiger partial charge is 0.314 e. The van der Waals surface area contributed by atoms with E-state index >= 15 is 0 Å². The molecule has 0 aromatic heterocycles. The first kappa shape index (κ1) is 10.6. The number of piperidine rings is 1. The van der Waals surface area contributed by atoms with E-state index in [1.165, 1.54) is 18.4 Å². The monoisotopic (exact) mass is 207 g/mol. The van der Waals surface area contributed by atoms with Gasteiger partial charge in [-0.15, -0.1) is 0 Å². The van der Waals surface area contributed by atoms with Gasteiger partial charge in [-0.3, -0.25) is 0 Å². The summed E-state index contributed by atoms with van der Waals surface area (Å²) in [6.45, 7) is 5.07. The highest BCUT2D eigenvalue weighted by atomic mass is 19.1. The Morgan fingerprint density at radius 2 is 2.13 bits per heavy atom. The van der Waals surface area contributed by atoms with E-state index in [2.05, 4.69) is 12.2 Å². The fourth-order valence-corrected chi connectivity index (χ4v) is 2.21. The highest BCUT2D eigenvalue weighted by molar-refractivity contribution is 5.27. The highest BCUT2D eigenvalue weighted by Crippen LogP contribution is 2.26. The molecular weight excluding hydrogens is 189 g/mol. The van der Waals surface area contributed by atoms with Crippen LogP contribution >= 0.6 is 0 Å². The van der Waals surface area contributed by atoms with E-state index < -0.39 is 0 Å². The van der Waals surface area contributed by atoms with E-state index in [9.17, 15) is 4.39 Å². The first-order valence-electron chi connectivity index (χ1n) is 5.66. The summed E-state index contributed by atoms with van der Waals surface area (Å²) < 4.78 is 13.1. The van der Waals surface area contributed by atoms with E-state index in [0.29, 0.717) is 12.0 Å². The summed E-state index contributed by atoms with van der Waals surface area (Å²) in [5.41, 5.74) is 2.03. The van der Waals surface area contributed by atoms with Gasteiger partial charge in [0.05, 0.1) is 0 Å². The molecule has 1 nitrogen and oxygen atoms in total. The van der Waals surface area contributed by atoms with Crippen LogP contribution in [0.1, 0.15) is 36.8 Å². The van der Waals surface area contributed by atoms with Crippen molar-refractivity contribution in [3.8, 4) is 0 Å². The molecule has 2 heteroatoms. The van der Waals surface area contributed by atoms with Gasteiger partial charge in [-0.2, -0.15) is 0 Å². The Morgan fingerprint density at radius 1 is 1.33 bits per heavy atom. The van der Waals surface area contributed by atoms with Gasteiger partial charge in [0, 0.05) is 12.6 Å². The quantitative estimate of drug-likeness (QED) is 0.746. The second-order valence-corrected chi connectivity index (χ2v) is 4.59. The zero-order chi connectivity index (χ0) is 10.8. The maximum absolute atomic E-state index is 13.1. The Balaban J connectivity index is 2.12. The Kier molecular flexibility index (Phi) is 3.06. The molecule has 1 aliphatic heterocycles. The molecule has 1 aliphatic rings. The van der Waals surface area contributed by atoms with Crippen molar-refractivity contribution in [3.63, 3.8) is 0 Å². The van der Waals surface area contributed by atoms with Crippen LogP contribution in [0.25, 0.3) is 0 Å². The molecule has 2 unspecified atom stereocenters. The Bertz CT molecular complexity index is 340. The number of rotatable bonds is 1. The van der Waals surface area contributed by atoms with E-state index in [0.717, 1.165) is 12.1 Å². The van der Waals surface area contributed by atoms with Crippen molar-refractivity contribution in [2.45, 2.75) is 38.6 Å². The zero-order valence-corrected chi connectivity index (χ0v) is 9.39. The van der Waals surface area contributed by atoms with E-state index in [1.54, 1.807) is 6.07 Å². The van der Waals surface area contributed by atoms with Gasteiger partial charge in [0.1, 0.15) is 5.82 Å². The molecule has 2 rings (SSSR count). The number of nitrogens with one attached hydrogen (secondary N) is 1. The topological polar surface area (TPSA) is 12.0 Å². The molecule has 82 valence electrons. The second-order valence-electron chi connectivity index (χ2n) is 4.59. The fourth-order valence-electron chi connectivity index (χ4n) is 2.21. The third kappa shape index (κ3) is 2.37. The molecule has 0 spiro atoms. The third-order valence-electron chi connectivity index (χ3n) is 3.31. The van der Waals surface area contributed by atoms with Crippen LogP contribution in [0.5, 0.6) is 0 Å².